The highest BCUT2D eigenvalue weighted by atomic mass is 79.9. The summed E-state index contributed by atoms with van der Waals surface area (Å²) >= 11 is 9.56. The molecule has 0 saturated heterocycles. The van der Waals surface area contributed by atoms with Crippen LogP contribution in [-0.2, 0) is 32.6 Å². The molecule has 41 heavy (non-hydrogen) atoms. The lowest BCUT2D eigenvalue weighted by Crippen LogP contribution is -2.51. The van der Waals surface area contributed by atoms with Crippen LogP contribution in [0.2, 0.25) is 5.02 Å². The van der Waals surface area contributed by atoms with Crippen LogP contribution in [0.5, 0.6) is 0 Å². The predicted molar refractivity (Wildman–Crippen MR) is 169 cm³/mol. The summed E-state index contributed by atoms with van der Waals surface area (Å²) in [5.74, 6) is -0.196. The molecule has 3 aromatic rings. The molecule has 3 rings (SSSR count). The van der Waals surface area contributed by atoms with E-state index in [-0.39, 0.29) is 43.7 Å². The van der Waals surface area contributed by atoms with Gasteiger partial charge in [0.1, 0.15) is 6.04 Å². The first-order valence-corrected chi connectivity index (χ1v) is 16.5. The van der Waals surface area contributed by atoms with E-state index in [0.717, 1.165) is 21.9 Å². The molecule has 0 bridgehead atoms. The fraction of sp³-hybridized carbons (Fsp3) is 0.355. The molecule has 220 valence electrons. The third kappa shape index (κ3) is 10.5. The largest absolute Gasteiger partial charge is 0.354 e. The number of carbonyl (C=O) groups excluding carboxylic acids is 2. The molecule has 0 aliphatic rings. The maximum Gasteiger partial charge on any atom is 0.243 e. The van der Waals surface area contributed by atoms with Gasteiger partial charge in [-0.1, -0.05) is 89.9 Å². The number of hydrogen-bond acceptors (Lipinski definition) is 4. The van der Waals surface area contributed by atoms with Crippen molar-refractivity contribution in [1.82, 2.24) is 10.2 Å². The van der Waals surface area contributed by atoms with Gasteiger partial charge in [-0.25, -0.2) is 8.42 Å². The first-order valence-electron chi connectivity index (χ1n) is 13.5. The fourth-order valence-corrected chi connectivity index (χ4v) is 5.80. The van der Waals surface area contributed by atoms with Gasteiger partial charge in [0, 0.05) is 42.0 Å². The van der Waals surface area contributed by atoms with E-state index in [1.54, 1.807) is 29.2 Å². The summed E-state index contributed by atoms with van der Waals surface area (Å²) in [7, 11) is -3.61. The molecule has 0 saturated carbocycles. The molecule has 0 aromatic heterocycles. The summed E-state index contributed by atoms with van der Waals surface area (Å²) in [5.41, 5.74) is 2.26. The average molecular weight is 663 g/mol. The Hall–Kier alpha value is -2.88. The Morgan fingerprint density at radius 1 is 0.951 bits per heavy atom. The monoisotopic (exact) mass is 661 g/mol. The molecule has 0 heterocycles. The van der Waals surface area contributed by atoms with Gasteiger partial charge in [0.05, 0.1) is 11.9 Å². The van der Waals surface area contributed by atoms with Crippen LogP contribution in [0.1, 0.15) is 37.8 Å². The summed E-state index contributed by atoms with van der Waals surface area (Å²) < 4.78 is 27.3. The predicted octanol–water partition coefficient (Wildman–Crippen LogP) is 6.06. The number of nitrogens with one attached hydrogen (secondary N) is 1. The summed E-state index contributed by atoms with van der Waals surface area (Å²) in [6.45, 7) is 4.87. The van der Waals surface area contributed by atoms with Crippen LogP contribution < -0.4 is 9.62 Å². The Bertz CT molecular complexity index is 1400. The molecule has 3 aromatic carbocycles. The Balaban J connectivity index is 1.87. The molecule has 0 aliphatic heterocycles. The topological polar surface area (TPSA) is 86.8 Å². The second-order valence-corrected chi connectivity index (χ2v) is 13.7. The maximum absolute atomic E-state index is 13.9. The SMILES string of the molecule is CC(C)CNC(=O)[C@H](Cc1ccccc1)N(Cc1ccc(Br)cc1)C(=O)CCCN(c1cccc(Cl)c1)S(C)(=O)=O. The van der Waals surface area contributed by atoms with Crippen LogP contribution in [0.3, 0.4) is 0 Å². The molecule has 7 nitrogen and oxygen atoms in total. The van der Waals surface area contributed by atoms with Crippen molar-refractivity contribution in [3.63, 3.8) is 0 Å². The number of nitrogens with zero attached hydrogens (tertiary/aromatic N) is 2. The number of benzene rings is 3. The second kappa shape index (κ2) is 15.4. The van der Waals surface area contributed by atoms with Crippen molar-refractivity contribution >= 4 is 55.1 Å². The van der Waals surface area contributed by atoms with Crippen molar-refractivity contribution in [1.29, 1.82) is 0 Å². The third-order valence-corrected chi connectivity index (χ3v) is 8.43. The molecule has 1 atom stereocenters. The highest BCUT2D eigenvalue weighted by Gasteiger charge is 2.30. The van der Waals surface area contributed by atoms with Crippen LogP contribution in [0.4, 0.5) is 5.69 Å². The fourth-order valence-electron chi connectivity index (χ4n) is 4.40. The first kappa shape index (κ1) is 32.6. The van der Waals surface area contributed by atoms with E-state index in [0.29, 0.717) is 23.7 Å². The van der Waals surface area contributed by atoms with Crippen molar-refractivity contribution in [2.75, 3.05) is 23.7 Å². The van der Waals surface area contributed by atoms with Crippen molar-refractivity contribution in [2.45, 2.75) is 45.7 Å². The van der Waals surface area contributed by atoms with E-state index in [1.165, 1.54) is 4.31 Å². The van der Waals surface area contributed by atoms with Crippen LogP contribution in [0.25, 0.3) is 0 Å². The van der Waals surface area contributed by atoms with Gasteiger partial charge < -0.3 is 10.2 Å². The minimum atomic E-state index is -3.61. The summed E-state index contributed by atoms with van der Waals surface area (Å²) in [4.78, 5) is 29.0. The van der Waals surface area contributed by atoms with Crippen molar-refractivity contribution in [3.8, 4) is 0 Å². The number of anilines is 1. The highest BCUT2D eigenvalue weighted by Crippen LogP contribution is 2.23. The van der Waals surface area contributed by atoms with Gasteiger partial charge in [-0.2, -0.15) is 0 Å². The van der Waals surface area contributed by atoms with Gasteiger partial charge >= 0.3 is 0 Å². The Kier molecular flexibility index (Phi) is 12.2. The zero-order valence-electron chi connectivity index (χ0n) is 23.6. The summed E-state index contributed by atoms with van der Waals surface area (Å²) in [6, 6.07) is 23.1. The van der Waals surface area contributed by atoms with Gasteiger partial charge in [-0.05, 0) is 53.8 Å². The minimum Gasteiger partial charge on any atom is -0.354 e. The second-order valence-electron chi connectivity index (χ2n) is 10.4. The van der Waals surface area contributed by atoms with Crippen molar-refractivity contribution < 1.29 is 18.0 Å². The molecule has 10 heteroatoms. The van der Waals surface area contributed by atoms with Crippen LogP contribution >= 0.6 is 27.5 Å². The summed E-state index contributed by atoms with van der Waals surface area (Å²) in [6.07, 6.45) is 1.81. The van der Waals surface area contributed by atoms with E-state index in [9.17, 15) is 18.0 Å². The van der Waals surface area contributed by atoms with E-state index >= 15 is 0 Å². The molecule has 0 fully saturated rings. The number of sulfonamides is 1. The molecular weight excluding hydrogens is 626 g/mol. The Labute approximate surface area is 257 Å². The number of carbonyl (C=O) groups is 2. The Morgan fingerprint density at radius 3 is 2.24 bits per heavy atom. The van der Waals surface area contributed by atoms with Crippen molar-refractivity contribution in [3.05, 3.63) is 99.5 Å². The van der Waals surface area contributed by atoms with E-state index < -0.39 is 16.1 Å². The van der Waals surface area contributed by atoms with Crippen LogP contribution in [-0.4, -0.2) is 50.5 Å². The summed E-state index contributed by atoms with van der Waals surface area (Å²) in [5, 5.41) is 3.43. The zero-order valence-corrected chi connectivity index (χ0v) is 26.8. The lowest BCUT2D eigenvalue weighted by molar-refractivity contribution is -0.141. The molecule has 0 radical (unpaired) electrons. The average Bonchev–Trinajstić information content (AvgIpc) is 2.92. The quantitative estimate of drug-likeness (QED) is 0.227. The number of rotatable bonds is 14. The number of hydrogen-bond donors (Lipinski definition) is 1. The van der Waals surface area contributed by atoms with Gasteiger partial charge in [0.25, 0.3) is 0 Å². The third-order valence-electron chi connectivity index (χ3n) is 6.47. The lowest BCUT2D eigenvalue weighted by Gasteiger charge is -2.32. The van der Waals surface area contributed by atoms with E-state index in [1.807, 2.05) is 68.4 Å². The molecule has 0 aliphatic carbocycles. The minimum absolute atomic E-state index is 0.0614. The van der Waals surface area contributed by atoms with E-state index in [4.69, 9.17) is 11.6 Å². The zero-order chi connectivity index (χ0) is 30.0. The number of halogens is 2. The number of amides is 2. The standard InChI is InChI=1S/C31H37BrClN3O4S/c1-23(2)21-34-31(38)29(19-24-9-5-4-6-10-24)35(22-25-14-16-26(32)17-15-25)30(37)13-8-18-36(41(3,39)40)28-12-7-11-27(33)20-28/h4-7,9-12,14-17,20,23,29H,8,13,18-19,21-22H2,1-3H3,(H,34,38)/t29-/m0/s1. The normalized spacial score (nSPS) is 12.1. The molecule has 0 unspecified atom stereocenters. The smallest absolute Gasteiger partial charge is 0.243 e. The first-order chi connectivity index (χ1) is 19.4. The Morgan fingerprint density at radius 2 is 1.63 bits per heavy atom. The molecule has 2 amide bonds. The van der Waals surface area contributed by atoms with Gasteiger partial charge in [-0.3, -0.25) is 13.9 Å². The van der Waals surface area contributed by atoms with Gasteiger partial charge in [0.2, 0.25) is 21.8 Å². The van der Waals surface area contributed by atoms with Crippen LogP contribution in [0.15, 0.2) is 83.3 Å². The van der Waals surface area contributed by atoms with Gasteiger partial charge in [0.15, 0.2) is 0 Å². The molecular formula is C31H37BrClN3O4S. The van der Waals surface area contributed by atoms with E-state index in [2.05, 4.69) is 21.2 Å². The molecule has 0 spiro atoms. The van der Waals surface area contributed by atoms with Crippen LogP contribution in [0, 0.1) is 5.92 Å². The molecule has 1 N–H and O–H groups in total. The van der Waals surface area contributed by atoms with Crippen molar-refractivity contribution in [2.24, 2.45) is 5.92 Å². The van der Waals surface area contributed by atoms with Gasteiger partial charge in [-0.15, -0.1) is 0 Å². The highest BCUT2D eigenvalue weighted by molar-refractivity contribution is 9.10. The lowest BCUT2D eigenvalue weighted by atomic mass is 10.0. The maximum atomic E-state index is 13.9.